The fraction of sp³-hybridized carbons (Fsp3) is 0.148. The Morgan fingerprint density at radius 1 is 1.08 bits per heavy atom. The van der Waals surface area contributed by atoms with E-state index in [9.17, 15) is 14.4 Å². The summed E-state index contributed by atoms with van der Waals surface area (Å²) in [6.07, 6.45) is 1.61. The zero-order valence-corrected chi connectivity index (χ0v) is 22.0. The number of rotatable bonds is 8. The number of halogens is 1. The third kappa shape index (κ3) is 6.35. The lowest BCUT2D eigenvalue weighted by molar-refractivity contribution is -0.127. The summed E-state index contributed by atoms with van der Waals surface area (Å²) in [5.74, 6) is 0.218. The minimum absolute atomic E-state index is 0.218. The summed E-state index contributed by atoms with van der Waals surface area (Å²) in [4.78, 5) is 39.1. The van der Waals surface area contributed by atoms with Crippen LogP contribution >= 0.6 is 27.7 Å². The lowest BCUT2D eigenvalue weighted by atomic mass is 10.1. The number of thioether (sulfide) groups is 1. The van der Waals surface area contributed by atoms with Crippen LogP contribution in [0.25, 0.3) is 6.08 Å². The van der Waals surface area contributed by atoms with Crippen molar-refractivity contribution in [3.8, 4) is 11.5 Å². The number of aryl methyl sites for hydroxylation is 1. The second kappa shape index (κ2) is 11.5. The van der Waals surface area contributed by atoms with E-state index in [1.54, 1.807) is 43.5 Å². The molecule has 1 aliphatic heterocycles. The number of amides is 3. The minimum Gasteiger partial charge on any atom is -0.497 e. The molecule has 0 aliphatic carbocycles. The van der Waals surface area contributed by atoms with Crippen molar-refractivity contribution in [3.05, 3.63) is 92.8 Å². The van der Waals surface area contributed by atoms with Crippen LogP contribution in [0.15, 0.2) is 76.1 Å². The van der Waals surface area contributed by atoms with Gasteiger partial charge in [-0.1, -0.05) is 45.8 Å². The maximum absolute atomic E-state index is 13.0. The third-order valence-electron chi connectivity index (χ3n) is 5.28. The van der Waals surface area contributed by atoms with Crippen LogP contribution in [0.1, 0.15) is 16.7 Å². The predicted octanol–water partition coefficient (Wildman–Crippen LogP) is 6.02. The Kier molecular flexibility index (Phi) is 8.12. The molecule has 0 spiro atoms. The van der Waals surface area contributed by atoms with Gasteiger partial charge in [0.15, 0.2) is 0 Å². The van der Waals surface area contributed by atoms with Gasteiger partial charge in [-0.3, -0.25) is 19.3 Å². The second-order valence-electron chi connectivity index (χ2n) is 8.00. The van der Waals surface area contributed by atoms with Crippen LogP contribution in [0.3, 0.4) is 0 Å². The Labute approximate surface area is 221 Å². The number of anilines is 1. The van der Waals surface area contributed by atoms with E-state index >= 15 is 0 Å². The Balaban J connectivity index is 1.46. The van der Waals surface area contributed by atoms with E-state index in [0.29, 0.717) is 29.4 Å². The molecule has 0 unspecified atom stereocenters. The van der Waals surface area contributed by atoms with E-state index in [0.717, 1.165) is 32.3 Å². The van der Waals surface area contributed by atoms with E-state index in [4.69, 9.17) is 9.47 Å². The van der Waals surface area contributed by atoms with Gasteiger partial charge in [0.25, 0.3) is 11.1 Å². The molecule has 0 atom stereocenters. The molecular weight excluding hydrogens is 544 g/mol. The minimum atomic E-state index is -0.528. The van der Waals surface area contributed by atoms with Crippen molar-refractivity contribution in [2.75, 3.05) is 19.0 Å². The number of nitrogens with one attached hydrogen (secondary N) is 1. The summed E-state index contributed by atoms with van der Waals surface area (Å²) in [6.45, 7) is 1.99. The van der Waals surface area contributed by atoms with Crippen molar-refractivity contribution in [2.45, 2.75) is 13.5 Å². The van der Waals surface area contributed by atoms with Crippen molar-refractivity contribution in [1.82, 2.24) is 4.90 Å². The fourth-order valence-corrected chi connectivity index (χ4v) is 4.73. The largest absolute Gasteiger partial charge is 0.497 e. The van der Waals surface area contributed by atoms with Crippen LogP contribution in [-0.4, -0.2) is 35.6 Å². The molecule has 0 saturated carbocycles. The number of imide groups is 1. The lowest BCUT2D eigenvalue weighted by Crippen LogP contribution is -2.36. The van der Waals surface area contributed by atoms with E-state index in [1.165, 1.54) is 0 Å². The zero-order valence-electron chi connectivity index (χ0n) is 19.6. The van der Waals surface area contributed by atoms with Crippen molar-refractivity contribution >= 4 is 56.5 Å². The highest BCUT2D eigenvalue weighted by molar-refractivity contribution is 9.10. The van der Waals surface area contributed by atoms with Crippen LogP contribution in [-0.2, 0) is 16.2 Å². The van der Waals surface area contributed by atoms with Gasteiger partial charge in [0, 0.05) is 15.7 Å². The van der Waals surface area contributed by atoms with Gasteiger partial charge < -0.3 is 14.8 Å². The van der Waals surface area contributed by atoms with Crippen LogP contribution in [0.4, 0.5) is 10.5 Å². The molecule has 1 saturated heterocycles. The zero-order chi connectivity index (χ0) is 25.7. The van der Waals surface area contributed by atoms with Crippen LogP contribution in [0.2, 0.25) is 0 Å². The SMILES string of the molecule is COc1ccc(NC(=O)CN2C(=O)S/C(=C/c3cc(Br)ccc3OCc3cccc(C)c3)C2=O)cc1. The second-order valence-corrected chi connectivity index (χ2v) is 9.91. The molecule has 1 N–H and O–H groups in total. The molecule has 1 aliphatic rings. The number of carbonyl (C=O) groups is 3. The van der Waals surface area contributed by atoms with Gasteiger partial charge in [0.1, 0.15) is 24.7 Å². The summed E-state index contributed by atoms with van der Waals surface area (Å²) in [6, 6.07) is 20.2. The number of methoxy groups -OCH3 is 1. The standard InChI is InChI=1S/C27H23BrN2O5S/c1-17-4-3-5-18(12-17)16-35-23-11-6-20(28)13-19(23)14-24-26(32)30(27(33)36-24)15-25(31)29-21-7-9-22(34-2)10-8-21/h3-14H,15-16H2,1-2H3,(H,29,31)/b24-14+. The third-order valence-corrected chi connectivity index (χ3v) is 6.68. The van der Waals surface area contributed by atoms with Gasteiger partial charge in [-0.15, -0.1) is 0 Å². The topological polar surface area (TPSA) is 84.9 Å². The lowest BCUT2D eigenvalue weighted by Gasteiger charge is -2.13. The van der Waals surface area contributed by atoms with Crippen molar-refractivity contribution in [1.29, 1.82) is 0 Å². The highest BCUT2D eigenvalue weighted by atomic mass is 79.9. The molecule has 9 heteroatoms. The average molecular weight is 567 g/mol. The molecule has 1 fully saturated rings. The maximum Gasteiger partial charge on any atom is 0.294 e. The van der Waals surface area contributed by atoms with Crippen molar-refractivity contribution < 1.29 is 23.9 Å². The molecule has 4 rings (SSSR count). The van der Waals surface area contributed by atoms with Crippen LogP contribution in [0.5, 0.6) is 11.5 Å². The van der Waals surface area contributed by atoms with Gasteiger partial charge in [-0.2, -0.15) is 0 Å². The van der Waals surface area contributed by atoms with Crippen molar-refractivity contribution in [2.24, 2.45) is 0 Å². The van der Waals surface area contributed by atoms with Gasteiger partial charge in [-0.25, -0.2) is 0 Å². The average Bonchev–Trinajstić information content (AvgIpc) is 3.11. The fourth-order valence-electron chi connectivity index (χ4n) is 3.52. The first kappa shape index (κ1) is 25.5. The first-order valence-electron chi connectivity index (χ1n) is 11.0. The highest BCUT2D eigenvalue weighted by Gasteiger charge is 2.36. The molecular formula is C27H23BrN2O5S. The van der Waals surface area contributed by atoms with Gasteiger partial charge in [0.2, 0.25) is 5.91 Å². The summed E-state index contributed by atoms with van der Waals surface area (Å²) < 4.78 is 11.9. The summed E-state index contributed by atoms with van der Waals surface area (Å²) >= 11 is 4.24. The number of ether oxygens (including phenoxy) is 2. The molecule has 1 heterocycles. The molecule has 3 amide bonds. The number of hydrogen-bond acceptors (Lipinski definition) is 6. The maximum atomic E-state index is 13.0. The molecule has 184 valence electrons. The van der Waals surface area contributed by atoms with Crippen LogP contribution < -0.4 is 14.8 Å². The van der Waals surface area contributed by atoms with E-state index in [2.05, 4.69) is 21.2 Å². The number of hydrogen-bond donors (Lipinski definition) is 1. The van der Waals surface area contributed by atoms with Gasteiger partial charge in [-0.05, 0) is 72.8 Å². The Morgan fingerprint density at radius 3 is 2.58 bits per heavy atom. The molecule has 7 nitrogen and oxygen atoms in total. The number of nitrogens with zero attached hydrogens (tertiary/aromatic N) is 1. The van der Waals surface area contributed by atoms with E-state index in [-0.39, 0.29) is 11.4 Å². The molecule has 36 heavy (non-hydrogen) atoms. The first-order valence-corrected chi connectivity index (χ1v) is 12.6. The Bertz CT molecular complexity index is 1340. The molecule has 0 radical (unpaired) electrons. The molecule has 0 aromatic heterocycles. The summed E-state index contributed by atoms with van der Waals surface area (Å²) in [5.41, 5.74) is 3.34. The highest BCUT2D eigenvalue weighted by Crippen LogP contribution is 2.35. The Morgan fingerprint density at radius 2 is 1.86 bits per heavy atom. The molecule has 3 aromatic carbocycles. The van der Waals surface area contributed by atoms with Gasteiger partial charge >= 0.3 is 0 Å². The normalized spacial score (nSPS) is 14.3. The van der Waals surface area contributed by atoms with Gasteiger partial charge in [0.05, 0.1) is 12.0 Å². The predicted molar refractivity (Wildman–Crippen MR) is 144 cm³/mol. The van der Waals surface area contributed by atoms with E-state index in [1.807, 2.05) is 43.3 Å². The number of carbonyl (C=O) groups excluding carboxylic acids is 3. The smallest absolute Gasteiger partial charge is 0.294 e. The quantitative estimate of drug-likeness (QED) is 0.335. The van der Waals surface area contributed by atoms with E-state index < -0.39 is 17.1 Å². The first-order chi connectivity index (χ1) is 17.3. The van der Waals surface area contributed by atoms with Crippen molar-refractivity contribution in [3.63, 3.8) is 0 Å². The molecule has 3 aromatic rings. The summed E-state index contributed by atoms with van der Waals surface area (Å²) in [7, 11) is 1.55. The Hall–Kier alpha value is -3.56. The monoisotopic (exact) mass is 566 g/mol. The number of benzene rings is 3. The van der Waals surface area contributed by atoms with Crippen LogP contribution in [0, 0.1) is 6.92 Å². The summed E-state index contributed by atoms with van der Waals surface area (Å²) in [5, 5.41) is 2.18. The molecule has 0 bridgehead atoms.